The minimum atomic E-state index is -1.14. The van der Waals surface area contributed by atoms with Crippen molar-refractivity contribution >= 4 is 23.4 Å². The van der Waals surface area contributed by atoms with Crippen molar-refractivity contribution in [2.45, 2.75) is 94.6 Å². The van der Waals surface area contributed by atoms with Crippen molar-refractivity contribution in [2.24, 2.45) is 11.8 Å². The van der Waals surface area contributed by atoms with Crippen molar-refractivity contribution in [3.8, 4) is 0 Å². The van der Waals surface area contributed by atoms with E-state index in [1.165, 1.54) is 12.0 Å². The molecule has 4 aliphatic heterocycles. The summed E-state index contributed by atoms with van der Waals surface area (Å²) in [7, 11) is 0. The van der Waals surface area contributed by atoms with E-state index in [9.17, 15) is 14.4 Å². The van der Waals surface area contributed by atoms with Crippen molar-refractivity contribution in [1.29, 1.82) is 0 Å². The molecule has 3 saturated heterocycles. The van der Waals surface area contributed by atoms with Crippen molar-refractivity contribution in [3.63, 3.8) is 0 Å². The second-order valence-electron chi connectivity index (χ2n) is 11.9. The van der Waals surface area contributed by atoms with Gasteiger partial charge >= 0.3 is 0 Å². The maximum Gasteiger partial charge on any atom is 0.246 e. The molecule has 204 valence electrons. The first-order valence-corrected chi connectivity index (χ1v) is 14.4. The van der Waals surface area contributed by atoms with Crippen molar-refractivity contribution in [3.05, 3.63) is 42.0 Å². The van der Waals surface area contributed by atoms with Gasteiger partial charge in [-0.05, 0) is 49.3 Å². The van der Waals surface area contributed by atoms with Gasteiger partial charge in [0.25, 0.3) is 0 Å². The van der Waals surface area contributed by atoms with Crippen LogP contribution in [0.25, 0.3) is 0 Å². The lowest BCUT2D eigenvalue weighted by Crippen LogP contribution is -2.57. The molecule has 1 saturated carbocycles. The maximum atomic E-state index is 14.0. The van der Waals surface area contributed by atoms with Crippen LogP contribution >= 0.6 is 0 Å². The molecule has 5 aliphatic rings. The average molecular weight is 522 g/mol. The van der Waals surface area contributed by atoms with Gasteiger partial charge in [0.05, 0.1) is 24.0 Å². The Bertz CT molecular complexity index is 1110. The monoisotopic (exact) mass is 521 g/mol. The molecule has 38 heavy (non-hydrogen) atoms. The van der Waals surface area contributed by atoms with Gasteiger partial charge in [-0.2, -0.15) is 0 Å². The number of hydrogen-bond acceptors (Lipinski definition) is 5. The fourth-order valence-electron chi connectivity index (χ4n) is 7.18. The summed E-state index contributed by atoms with van der Waals surface area (Å²) in [5.74, 6) is -1.66. The number of carbonyl (C=O) groups is 3. The molecular formula is C30H39N3O5. The van der Waals surface area contributed by atoms with Crippen LogP contribution in [0.4, 0.5) is 5.69 Å². The predicted octanol–water partition coefficient (Wildman–Crippen LogP) is 3.53. The standard InChI is InChI=1S/C30H39N3O5/c1-18(2)19-10-12-21(13-11-19)31-27(34)24-23-14-15-30(38-23)25(24)29(36)33(17-22-9-6-16-37-22)26(30)28(35)32-20-7-4-3-5-8-20/h10-15,18,20,22-26H,3-9,16-17H2,1-2H3,(H,31,34)(H,32,35). The highest BCUT2D eigenvalue weighted by molar-refractivity contribution is 6.02. The van der Waals surface area contributed by atoms with Crippen LogP contribution in [0.3, 0.4) is 0 Å². The molecule has 1 aromatic rings. The zero-order valence-electron chi connectivity index (χ0n) is 22.4. The van der Waals surface area contributed by atoms with E-state index in [0.717, 1.165) is 38.5 Å². The summed E-state index contributed by atoms with van der Waals surface area (Å²) < 4.78 is 12.3. The lowest BCUT2D eigenvalue weighted by atomic mass is 9.74. The molecule has 3 amide bonds. The Morgan fingerprint density at radius 1 is 1.05 bits per heavy atom. The second-order valence-corrected chi connectivity index (χ2v) is 11.9. The Morgan fingerprint density at radius 2 is 1.82 bits per heavy atom. The second kappa shape index (κ2) is 10.1. The van der Waals surface area contributed by atoms with Crippen LogP contribution in [0.5, 0.6) is 0 Å². The molecule has 6 rings (SSSR count). The first-order valence-electron chi connectivity index (χ1n) is 14.4. The highest BCUT2D eigenvalue weighted by Gasteiger charge is 2.73. The van der Waals surface area contributed by atoms with Crippen molar-refractivity contribution < 1.29 is 23.9 Å². The molecule has 8 nitrogen and oxygen atoms in total. The van der Waals surface area contributed by atoms with Gasteiger partial charge in [-0.1, -0.05) is 57.4 Å². The number of rotatable bonds is 7. The molecule has 4 fully saturated rings. The van der Waals surface area contributed by atoms with Crippen LogP contribution < -0.4 is 10.6 Å². The summed E-state index contributed by atoms with van der Waals surface area (Å²) in [6.07, 6.45) is 10.2. The first kappa shape index (κ1) is 25.6. The summed E-state index contributed by atoms with van der Waals surface area (Å²) in [5, 5.41) is 6.25. The van der Waals surface area contributed by atoms with Crippen LogP contribution in [0.1, 0.15) is 70.3 Å². The van der Waals surface area contributed by atoms with Gasteiger partial charge in [-0.15, -0.1) is 0 Å². The molecule has 2 bridgehead atoms. The van der Waals surface area contributed by atoms with Gasteiger partial charge in [0.15, 0.2) is 0 Å². The molecule has 4 heterocycles. The molecule has 1 aromatic carbocycles. The summed E-state index contributed by atoms with van der Waals surface area (Å²) in [4.78, 5) is 43.2. The molecular weight excluding hydrogens is 482 g/mol. The fraction of sp³-hybridized carbons (Fsp3) is 0.633. The Morgan fingerprint density at radius 3 is 2.50 bits per heavy atom. The maximum absolute atomic E-state index is 14.0. The number of nitrogens with one attached hydrogen (secondary N) is 2. The van der Waals surface area contributed by atoms with Gasteiger partial charge in [0.2, 0.25) is 17.7 Å². The molecule has 6 atom stereocenters. The molecule has 1 spiro atoms. The zero-order valence-corrected chi connectivity index (χ0v) is 22.4. The van der Waals surface area contributed by atoms with E-state index in [0.29, 0.717) is 24.8 Å². The fourth-order valence-corrected chi connectivity index (χ4v) is 7.18. The number of fused-ring (bicyclic) bond motifs is 1. The SMILES string of the molecule is CC(C)c1ccc(NC(=O)C2C3C=CC4(O3)C2C(=O)N(CC2CCCO2)C4C(=O)NC2CCCCC2)cc1. The van der Waals surface area contributed by atoms with Gasteiger partial charge in [-0.25, -0.2) is 0 Å². The number of amides is 3. The van der Waals surface area contributed by atoms with E-state index in [1.54, 1.807) is 4.90 Å². The molecule has 6 unspecified atom stereocenters. The van der Waals surface area contributed by atoms with E-state index in [1.807, 2.05) is 36.4 Å². The van der Waals surface area contributed by atoms with Crippen LogP contribution in [0.2, 0.25) is 0 Å². The minimum absolute atomic E-state index is 0.105. The predicted molar refractivity (Wildman–Crippen MR) is 142 cm³/mol. The normalized spacial score (nSPS) is 34.2. The van der Waals surface area contributed by atoms with E-state index < -0.39 is 29.6 Å². The van der Waals surface area contributed by atoms with E-state index in [-0.39, 0.29) is 29.9 Å². The van der Waals surface area contributed by atoms with Gasteiger partial charge < -0.3 is 25.0 Å². The van der Waals surface area contributed by atoms with Crippen LogP contribution in [0, 0.1) is 11.8 Å². The third-order valence-electron chi connectivity index (χ3n) is 9.15. The topological polar surface area (TPSA) is 97.0 Å². The molecule has 0 aromatic heterocycles. The van der Waals surface area contributed by atoms with Crippen molar-refractivity contribution in [2.75, 3.05) is 18.5 Å². The Hall–Kier alpha value is -2.71. The number of hydrogen-bond donors (Lipinski definition) is 2. The van der Waals surface area contributed by atoms with Gasteiger partial charge in [0, 0.05) is 24.9 Å². The third kappa shape index (κ3) is 4.35. The Balaban J connectivity index is 1.27. The number of benzene rings is 1. The smallest absolute Gasteiger partial charge is 0.246 e. The average Bonchev–Trinajstić information content (AvgIpc) is 3.68. The largest absolute Gasteiger partial charge is 0.376 e. The van der Waals surface area contributed by atoms with E-state index >= 15 is 0 Å². The number of anilines is 1. The molecule has 1 aliphatic carbocycles. The summed E-state index contributed by atoms with van der Waals surface area (Å²) in [5.41, 5.74) is 0.743. The molecule has 2 N–H and O–H groups in total. The van der Waals surface area contributed by atoms with Gasteiger partial charge in [-0.3, -0.25) is 14.4 Å². The number of nitrogens with zero attached hydrogens (tertiary/aromatic N) is 1. The number of likely N-dealkylation sites (tertiary alicyclic amines) is 1. The summed E-state index contributed by atoms with van der Waals surface area (Å²) >= 11 is 0. The van der Waals surface area contributed by atoms with Crippen LogP contribution in [0.15, 0.2) is 36.4 Å². The summed E-state index contributed by atoms with van der Waals surface area (Å²) in [6.45, 7) is 5.26. The molecule has 0 radical (unpaired) electrons. The zero-order chi connectivity index (χ0) is 26.4. The van der Waals surface area contributed by atoms with Gasteiger partial charge in [0.1, 0.15) is 11.6 Å². The Labute approximate surface area is 224 Å². The Kier molecular flexibility index (Phi) is 6.80. The molecule has 8 heteroatoms. The van der Waals surface area contributed by atoms with E-state index in [4.69, 9.17) is 9.47 Å². The quantitative estimate of drug-likeness (QED) is 0.535. The van der Waals surface area contributed by atoms with Crippen LogP contribution in [-0.4, -0.2) is 65.7 Å². The highest BCUT2D eigenvalue weighted by atomic mass is 16.5. The first-order chi connectivity index (χ1) is 18.4. The van der Waals surface area contributed by atoms with E-state index in [2.05, 4.69) is 24.5 Å². The lowest BCUT2D eigenvalue weighted by Gasteiger charge is -2.34. The number of ether oxygens (including phenoxy) is 2. The summed E-state index contributed by atoms with van der Waals surface area (Å²) in [6, 6.07) is 7.11. The van der Waals surface area contributed by atoms with Crippen LogP contribution in [-0.2, 0) is 23.9 Å². The minimum Gasteiger partial charge on any atom is -0.376 e. The number of carbonyl (C=O) groups excluding carboxylic acids is 3. The third-order valence-corrected chi connectivity index (χ3v) is 9.15. The van der Waals surface area contributed by atoms with Crippen molar-refractivity contribution in [1.82, 2.24) is 10.2 Å². The lowest BCUT2D eigenvalue weighted by molar-refractivity contribution is -0.143. The highest BCUT2D eigenvalue weighted by Crippen LogP contribution is 2.55.